The molecule has 0 radical (unpaired) electrons. The van der Waals surface area contributed by atoms with Crippen LogP contribution in [0.15, 0.2) is 24.3 Å². The topological polar surface area (TPSA) is 12.0 Å². The van der Waals surface area contributed by atoms with Gasteiger partial charge in [0.2, 0.25) is 0 Å². The maximum Gasteiger partial charge on any atom is 0.123 e. The third-order valence-electron chi connectivity index (χ3n) is 3.72. The number of benzene rings is 1. The molecule has 2 unspecified atom stereocenters. The molecule has 0 heterocycles. The lowest BCUT2D eigenvalue weighted by Crippen LogP contribution is -2.38. The fourth-order valence-corrected chi connectivity index (χ4v) is 2.34. The number of halogens is 1. The summed E-state index contributed by atoms with van der Waals surface area (Å²) < 4.78 is 13.1. The van der Waals surface area contributed by atoms with Crippen molar-refractivity contribution in [1.29, 1.82) is 0 Å². The molecule has 0 spiro atoms. The first-order chi connectivity index (χ1) is 7.66. The van der Waals surface area contributed by atoms with E-state index in [1.165, 1.54) is 25.3 Å². The molecule has 0 amide bonds. The van der Waals surface area contributed by atoms with Gasteiger partial charge in [0.1, 0.15) is 5.82 Å². The first-order valence-electron chi connectivity index (χ1n) is 6.18. The van der Waals surface area contributed by atoms with Crippen molar-refractivity contribution in [2.24, 2.45) is 5.92 Å². The maximum absolute atomic E-state index is 13.1. The van der Waals surface area contributed by atoms with Crippen LogP contribution in [0.3, 0.4) is 0 Å². The highest BCUT2D eigenvalue weighted by molar-refractivity contribution is 5.19. The Morgan fingerprint density at radius 3 is 2.62 bits per heavy atom. The minimum absolute atomic E-state index is 0.151. The van der Waals surface area contributed by atoms with Crippen LogP contribution in [0.1, 0.15) is 44.7 Å². The summed E-state index contributed by atoms with van der Waals surface area (Å²) in [5.74, 6) is 0.665. The van der Waals surface area contributed by atoms with E-state index in [0.717, 1.165) is 11.5 Å². The van der Waals surface area contributed by atoms with E-state index in [1.54, 1.807) is 12.1 Å². The molecule has 1 N–H and O–H groups in total. The van der Waals surface area contributed by atoms with E-state index < -0.39 is 0 Å². The van der Waals surface area contributed by atoms with Gasteiger partial charge in [-0.25, -0.2) is 4.39 Å². The summed E-state index contributed by atoms with van der Waals surface area (Å²) in [6, 6.07) is 7.63. The zero-order valence-corrected chi connectivity index (χ0v) is 10.0. The number of rotatable bonds is 4. The van der Waals surface area contributed by atoms with Gasteiger partial charge in [0.25, 0.3) is 0 Å². The molecule has 0 bridgehead atoms. The molecular formula is C14H20FN. The Kier molecular flexibility index (Phi) is 3.59. The Bertz CT molecular complexity index is 346. The van der Waals surface area contributed by atoms with Crippen molar-refractivity contribution in [2.45, 2.75) is 45.2 Å². The van der Waals surface area contributed by atoms with Gasteiger partial charge in [0.05, 0.1) is 0 Å². The van der Waals surface area contributed by atoms with Crippen LogP contribution in [0.5, 0.6) is 0 Å². The summed E-state index contributed by atoms with van der Waals surface area (Å²) in [7, 11) is 0. The fourth-order valence-electron chi connectivity index (χ4n) is 2.34. The molecule has 0 aromatic heterocycles. The lowest BCUT2D eigenvalue weighted by molar-refractivity contribution is 0.229. The van der Waals surface area contributed by atoms with E-state index in [-0.39, 0.29) is 11.9 Å². The second-order valence-electron chi connectivity index (χ2n) is 4.92. The Hall–Kier alpha value is -0.890. The molecule has 2 atom stereocenters. The van der Waals surface area contributed by atoms with Crippen molar-refractivity contribution in [1.82, 2.24) is 5.32 Å². The largest absolute Gasteiger partial charge is 0.307 e. The highest BCUT2D eigenvalue weighted by Gasteiger charge is 2.24. The average molecular weight is 221 g/mol. The Morgan fingerprint density at radius 1 is 1.31 bits per heavy atom. The molecule has 0 saturated heterocycles. The molecule has 88 valence electrons. The lowest BCUT2D eigenvalue weighted by atomic mass is 9.80. The van der Waals surface area contributed by atoms with E-state index in [2.05, 4.69) is 19.2 Å². The van der Waals surface area contributed by atoms with Crippen LogP contribution < -0.4 is 5.32 Å². The normalized spacial score (nSPS) is 20.2. The number of hydrogen-bond acceptors (Lipinski definition) is 1. The predicted molar refractivity (Wildman–Crippen MR) is 64.8 cm³/mol. The molecule has 0 aliphatic heterocycles. The molecule has 16 heavy (non-hydrogen) atoms. The van der Waals surface area contributed by atoms with Gasteiger partial charge in [0.15, 0.2) is 0 Å². The van der Waals surface area contributed by atoms with Gasteiger partial charge in [-0.15, -0.1) is 0 Å². The first-order valence-corrected chi connectivity index (χ1v) is 6.18. The van der Waals surface area contributed by atoms with E-state index in [1.807, 2.05) is 6.07 Å². The smallest absolute Gasteiger partial charge is 0.123 e. The lowest BCUT2D eigenvalue weighted by Gasteiger charge is -2.34. The fraction of sp³-hybridized carbons (Fsp3) is 0.571. The molecule has 1 saturated carbocycles. The van der Waals surface area contributed by atoms with Crippen molar-refractivity contribution in [3.63, 3.8) is 0 Å². The molecule has 1 nitrogen and oxygen atoms in total. The second-order valence-corrected chi connectivity index (χ2v) is 4.92. The Morgan fingerprint density at radius 2 is 2.06 bits per heavy atom. The van der Waals surface area contributed by atoms with Crippen molar-refractivity contribution in [3.8, 4) is 0 Å². The summed E-state index contributed by atoms with van der Waals surface area (Å²) >= 11 is 0. The van der Waals surface area contributed by atoms with Crippen LogP contribution in [-0.4, -0.2) is 6.04 Å². The Labute approximate surface area is 97.1 Å². The highest BCUT2D eigenvalue weighted by atomic mass is 19.1. The first kappa shape index (κ1) is 11.6. The van der Waals surface area contributed by atoms with Gasteiger partial charge < -0.3 is 5.32 Å². The van der Waals surface area contributed by atoms with Gasteiger partial charge >= 0.3 is 0 Å². The molecule has 1 aliphatic carbocycles. The summed E-state index contributed by atoms with van der Waals surface area (Å²) in [6.07, 6.45) is 4.04. The maximum atomic E-state index is 13.1. The quantitative estimate of drug-likeness (QED) is 0.818. The molecule has 2 rings (SSSR count). The average Bonchev–Trinajstić information content (AvgIpc) is 2.14. The van der Waals surface area contributed by atoms with Crippen LogP contribution >= 0.6 is 0 Å². The third kappa shape index (κ3) is 2.62. The van der Waals surface area contributed by atoms with Crippen molar-refractivity contribution in [2.75, 3.05) is 0 Å². The van der Waals surface area contributed by atoms with E-state index in [0.29, 0.717) is 6.04 Å². The van der Waals surface area contributed by atoms with Gasteiger partial charge in [-0.3, -0.25) is 0 Å². The minimum Gasteiger partial charge on any atom is -0.307 e. The van der Waals surface area contributed by atoms with Crippen LogP contribution in [0.2, 0.25) is 0 Å². The predicted octanol–water partition coefficient (Wildman–Crippen LogP) is 3.66. The molecule has 1 aliphatic rings. The Balaban J connectivity index is 1.93. The molecule has 1 aromatic rings. The monoisotopic (exact) mass is 221 g/mol. The highest BCUT2D eigenvalue weighted by Crippen LogP contribution is 2.30. The summed E-state index contributed by atoms with van der Waals surface area (Å²) in [5, 5.41) is 3.56. The number of hydrogen-bond donors (Lipinski definition) is 1. The zero-order chi connectivity index (χ0) is 11.5. The minimum atomic E-state index is -0.151. The third-order valence-corrected chi connectivity index (χ3v) is 3.72. The van der Waals surface area contributed by atoms with Crippen molar-refractivity contribution < 1.29 is 4.39 Å². The summed E-state index contributed by atoms with van der Waals surface area (Å²) in [4.78, 5) is 0. The summed E-state index contributed by atoms with van der Waals surface area (Å²) in [6.45, 7) is 4.34. The molecule has 1 fully saturated rings. The second kappa shape index (κ2) is 4.96. The SMILES string of the molecule is CC(NC(C)C1CCC1)c1cccc(F)c1. The van der Waals surface area contributed by atoms with Crippen LogP contribution in [0.25, 0.3) is 0 Å². The standard InChI is InChI=1S/C14H20FN/c1-10(12-5-3-6-12)16-11(2)13-7-4-8-14(15)9-13/h4,7-12,16H,3,5-6H2,1-2H3. The van der Waals surface area contributed by atoms with Gasteiger partial charge in [-0.05, 0) is 50.3 Å². The van der Waals surface area contributed by atoms with Crippen LogP contribution in [0, 0.1) is 11.7 Å². The number of nitrogens with one attached hydrogen (secondary N) is 1. The van der Waals surface area contributed by atoms with Gasteiger partial charge in [-0.2, -0.15) is 0 Å². The van der Waals surface area contributed by atoms with Crippen LogP contribution in [-0.2, 0) is 0 Å². The van der Waals surface area contributed by atoms with E-state index >= 15 is 0 Å². The molecule has 2 heteroatoms. The van der Waals surface area contributed by atoms with Crippen LogP contribution in [0.4, 0.5) is 4.39 Å². The molecule has 1 aromatic carbocycles. The summed E-state index contributed by atoms with van der Waals surface area (Å²) in [5.41, 5.74) is 1.03. The van der Waals surface area contributed by atoms with Crippen molar-refractivity contribution in [3.05, 3.63) is 35.6 Å². The molecular weight excluding hydrogens is 201 g/mol. The van der Waals surface area contributed by atoms with E-state index in [4.69, 9.17) is 0 Å². The van der Waals surface area contributed by atoms with E-state index in [9.17, 15) is 4.39 Å². The van der Waals surface area contributed by atoms with Gasteiger partial charge in [0, 0.05) is 12.1 Å². The zero-order valence-electron chi connectivity index (χ0n) is 10.0. The van der Waals surface area contributed by atoms with Gasteiger partial charge in [-0.1, -0.05) is 18.6 Å². The van der Waals surface area contributed by atoms with Crippen molar-refractivity contribution >= 4 is 0 Å².